The zero-order chi connectivity index (χ0) is 17.1. The molecule has 24 heavy (non-hydrogen) atoms. The predicted molar refractivity (Wildman–Crippen MR) is 89.3 cm³/mol. The van der Waals surface area contributed by atoms with E-state index >= 15 is 0 Å². The minimum atomic E-state index is -0.461. The lowest BCUT2D eigenvalue weighted by molar-refractivity contribution is -0.130. The van der Waals surface area contributed by atoms with E-state index in [9.17, 15) is 9.59 Å². The Bertz CT molecular complexity index is 749. The Labute approximate surface area is 143 Å². The third kappa shape index (κ3) is 3.33. The van der Waals surface area contributed by atoms with E-state index in [1.54, 1.807) is 14.0 Å². The summed E-state index contributed by atoms with van der Waals surface area (Å²) in [6.07, 6.45) is 2.90. The average molecular weight is 344 g/mol. The lowest BCUT2D eigenvalue weighted by Crippen LogP contribution is -2.44. The van der Waals surface area contributed by atoms with Crippen molar-refractivity contribution in [2.75, 3.05) is 12.9 Å². The van der Waals surface area contributed by atoms with E-state index < -0.39 is 5.91 Å². The maximum atomic E-state index is 12.3. The van der Waals surface area contributed by atoms with Crippen LogP contribution in [0.3, 0.4) is 0 Å². The summed E-state index contributed by atoms with van der Waals surface area (Å²) in [6.45, 7) is 1.79. The van der Waals surface area contributed by atoms with Gasteiger partial charge in [0.05, 0.1) is 24.8 Å². The Morgan fingerprint density at radius 3 is 2.67 bits per heavy atom. The monoisotopic (exact) mass is 344 g/mol. The number of methoxy groups -OCH3 is 1. The number of nitrogens with one attached hydrogen (secondary N) is 1. The molecule has 1 aliphatic rings. The van der Waals surface area contributed by atoms with Gasteiger partial charge in [-0.3, -0.25) is 20.0 Å². The summed E-state index contributed by atoms with van der Waals surface area (Å²) in [5, 5.41) is 1.06. The van der Waals surface area contributed by atoms with Crippen molar-refractivity contribution in [3.05, 3.63) is 53.6 Å². The van der Waals surface area contributed by atoms with Crippen LogP contribution in [0, 0.1) is 6.92 Å². The molecule has 1 aromatic carbocycles. The minimum Gasteiger partial charge on any atom is -0.497 e. The second kappa shape index (κ2) is 6.88. The Hall–Kier alpha value is -2.61. The standard InChI is InChI=1S/C16H16N4O3S/c1-10-7-18-13(8-17-10)15(22)19-20-14(21)9-24-16(20)11-3-5-12(23-2)6-4-11/h3-8,16H,9H2,1-2H3,(H,19,22). The van der Waals surface area contributed by atoms with Gasteiger partial charge in [0, 0.05) is 6.20 Å². The van der Waals surface area contributed by atoms with Gasteiger partial charge in [0.25, 0.3) is 11.8 Å². The number of ether oxygens (including phenoxy) is 1. The first-order valence-corrected chi connectivity index (χ1v) is 8.30. The highest BCUT2D eigenvalue weighted by Gasteiger charge is 2.34. The van der Waals surface area contributed by atoms with Crippen LogP contribution in [0.25, 0.3) is 0 Å². The number of carbonyl (C=O) groups excluding carboxylic acids is 2. The first-order valence-electron chi connectivity index (χ1n) is 7.25. The van der Waals surface area contributed by atoms with Crippen molar-refractivity contribution in [2.45, 2.75) is 12.3 Å². The van der Waals surface area contributed by atoms with E-state index in [1.165, 1.54) is 29.2 Å². The number of carbonyl (C=O) groups is 2. The molecular formula is C16H16N4O3S. The Morgan fingerprint density at radius 1 is 1.29 bits per heavy atom. The van der Waals surface area contributed by atoms with Crippen molar-refractivity contribution in [1.29, 1.82) is 0 Å². The molecule has 0 saturated carbocycles. The van der Waals surface area contributed by atoms with Crippen LogP contribution >= 0.6 is 11.8 Å². The smallest absolute Gasteiger partial charge is 0.290 e. The lowest BCUT2D eigenvalue weighted by Gasteiger charge is -2.24. The zero-order valence-electron chi connectivity index (χ0n) is 13.2. The van der Waals surface area contributed by atoms with Crippen LogP contribution in [-0.4, -0.2) is 39.7 Å². The molecule has 7 nitrogen and oxygen atoms in total. The summed E-state index contributed by atoms with van der Waals surface area (Å²) in [6, 6.07) is 7.40. The van der Waals surface area contributed by atoms with Gasteiger partial charge >= 0.3 is 0 Å². The average Bonchev–Trinajstić information content (AvgIpc) is 2.96. The van der Waals surface area contributed by atoms with E-state index in [0.717, 1.165) is 17.0 Å². The van der Waals surface area contributed by atoms with E-state index in [4.69, 9.17) is 4.74 Å². The summed E-state index contributed by atoms with van der Waals surface area (Å²) in [7, 11) is 1.60. The number of aryl methyl sites for hydroxylation is 1. The number of nitrogens with zero attached hydrogens (tertiary/aromatic N) is 3. The van der Waals surface area contributed by atoms with Gasteiger partial charge in [-0.2, -0.15) is 0 Å². The van der Waals surface area contributed by atoms with Crippen LogP contribution in [0.5, 0.6) is 5.75 Å². The van der Waals surface area contributed by atoms with Crippen LogP contribution in [0.1, 0.15) is 27.1 Å². The molecule has 1 N–H and O–H groups in total. The van der Waals surface area contributed by atoms with E-state index in [1.807, 2.05) is 24.3 Å². The number of benzene rings is 1. The topological polar surface area (TPSA) is 84.4 Å². The first-order chi connectivity index (χ1) is 11.6. The van der Waals surface area contributed by atoms with Crippen molar-refractivity contribution < 1.29 is 14.3 Å². The molecule has 0 spiro atoms. The van der Waals surface area contributed by atoms with Gasteiger partial charge in [0.2, 0.25) is 0 Å². The number of hydrogen-bond donors (Lipinski definition) is 1. The molecule has 2 aromatic rings. The molecule has 0 radical (unpaired) electrons. The minimum absolute atomic E-state index is 0.158. The summed E-state index contributed by atoms with van der Waals surface area (Å²) in [4.78, 5) is 32.5. The Balaban J connectivity index is 1.77. The molecule has 2 heterocycles. The predicted octanol–water partition coefficient (Wildman–Crippen LogP) is 1.71. The second-order valence-corrected chi connectivity index (χ2v) is 6.25. The number of hydrogen-bond acceptors (Lipinski definition) is 6. The summed E-state index contributed by atoms with van der Waals surface area (Å²) in [5.74, 6) is 0.418. The molecule has 3 rings (SSSR count). The largest absolute Gasteiger partial charge is 0.497 e. The normalized spacial score (nSPS) is 17.0. The number of amides is 2. The number of thioether (sulfide) groups is 1. The zero-order valence-corrected chi connectivity index (χ0v) is 14.0. The molecule has 124 valence electrons. The third-order valence-electron chi connectivity index (χ3n) is 3.50. The summed E-state index contributed by atoms with van der Waals surface area (Å²) < 4.78 is 5.14. The molecule has 1 fully saturated rings. The quantitative estimate of drug-likeness (QED) is 0.909. The summed E-state index contributed by atoms with van der Waals surface area (Å²) >= 11 is 1.45. The van der Waals surface area contributed by atoms with Crippen molar-refractivity contribution in [1.82, 2.24) is 20.4 Å². The van der Waals surface area contributed by atoms with Crippen LogP contribution < -0.4 is 10.2 Å². The Kier molecular flexibility index (Phi) is 4.66. The molecule has 8 heteroatoms. The van der Waals surface area contributed by atoms with Gasteiger partial charge in [-0.1, -0.05) is 12.1 Å². The molecule has 1 atom stereocenters. The summed E-state index contributed by atoms with van der Waals surface area (Å²) in [5.41, 5.74) is 4.42. The second-order valence-electron chi connectivity index (χ2n) is 5.18. The fourth-order valence-corrected chi connectivity index (χ4v) is 3.34. The van der Waals surface area contributed by atoms with Crippen LogP contribution in [0.4, 0.5) is 0 Å². The molecule has 1 saturated heterocycles. The van der Waals surface area contributed by atoms with Crippen molar-refractivity contribution >= 4 is 23.6 Å². The molecule has 0 aliphatic carbocycles. The highest BCUT2D eigenvalue weighted by atomic mass is 32.2. The molecule has 1 unspecified atom stereocenters. The van der Waals surface area contributed by atoms with Gasteiger partial charge in [-0.15, -0.1) is 11.8 Å². The van der Waals surface area contributed by atoms with Gasteiger partial charge in [0.1, 0.15) is 16.8 Å². The number of rotatable bonds is 4. The maximum Gasteiger partial charge on any atom is 0.290 e. The van der Waals surface area contributed by atoms with Crippen molar-refractivity contribution in [3.63, 3.8) is 0 Å². The van der Waals surface area contributed by atoms with Crippen molar-refractivity contribution in [3.8, 4) is 5.75 Å². The van der Waals surface area contributed by atoms with Gasteiger partial charge < -0.3 is 4.74 Å². The van der Waals surface area contributed by atoms with E-state index in [0.29, 0.717) is 5.75 Å². The third-order valence-corrected chi connectivity index (χ3v) is 4.72. The molecule has 1 aliphatic heterocycles. The van der Waals surface area contributed by atoms with Gasteiger partial charge in [0.15, 0.2) is 0 Å². The van der Waals surface area contributed by atoms with Crippen LogP contribution in [0.2, 0.25) is 0 Å². The van der Waals surface area contributed by atoms with Crippen LogP contribution in [0.15, 0.2) is 36.7 Å². The van der Waals surface area contributed by atoms with Crippen LogP contribution in [-0.2, 0) is 4.79 Å². The van der Waals surface area contributed by atoms with Gasteiger partial charge in [-0.05, 0) is 24.6 Å². The first kappa shape index (κ1) is 16.3. The fourth-order valence-electron chi connectivity index (χ4n) is 2.24. The molecule has 1 aromatic heterocycles. The molecule has 0 bridgehead atoms. The SMILES string of the molecule is COc1ccc(C2SCC(=O)N2NC(=O)c2cnc(C)cn2)cc1. The van der Waals surface area contributed by atoms with E-state index in [-0.39, 0.29) is 17.0 Å². The highest BCUT2D eigenvalue weighted by molar-refractivity contribution is 8.00. The molecule has 2 amide bonds. The highest BCUT2D eigenvalue weighted by Crippen LogP contribution is 2.37. The van der Waals surface area contributed by atoms with E-state index in [2.05, 4.69) is 15.4 Å². The maximum absolute atomic E-state index is 12.3. The van der Waals surface area contributed by atoms with Gasteiger partial charge in [-0.25, -0.2) is 9.99 Å². The van der Waals surface area contributed by atoms with Crippen molar-refractivity contribution in [2.24, 2.45) is 0 Å². The molecular weight excluding hydrogens is 328 g/mol. The Morgan fingerprint density at radius 2 is 2.04 bits per heavy atom. The lowest BCUT2D eigenvalue weighted by atomic mass is 10.2. The number of aromatic nitrogens is 2. The fraction of sp³-hybridized carbons (Fsp3) is 0.250. The number of hydrazine groups is 1.